The Morgan fingerprint density at radius 2 is 1.72 bits per heavy atom. The van der Waals surface area contributed by atoms with E-state index in [2.05, 4.69) is 11.0 Å². The summed E-state index contributed by atoms with van der Waals surface area (Å²) in [6.07, 6.45) is 0.748. The number of anilines is 1. The lowest BCUT2D eigenvalue weighted by molar-refractivity contribution is 0.0693. The number of aliphatic hydroxyl groups is 1. The van der Waals surface area contributed by atoms with Gasteiger partial charge in [0.1, 0.15) is 5.82 Å². The van der Waals surface area contributed by atoms with Crippen LogP contribution in [0.3, 0.4) is 0 Å². The van der Waals surface area contributed by atoms with Crippen molar-refractivity contribution >= 4 is 17.5 Å². The van der Waals surface area contributed by atoms with Gasteiger partial charge in [-0.3, -0.25) is 9.59 Å². The first-order chi connectivity index (χ1) is 17.3. The third-order valence-electron chi connectivity index (χ3n) is 7.53. The number of nitrogens with zero attached hydrogens (tertiary/aromatic N) is 3. The van der Waals surface area contributed by atoms with Crippen LogP contribution in [0.5, 0.6) is 0 Å². The summed E-state index contributed by atoms with van der Waals surface area (Å²) in [5, 5.41) is 10.2. The van der Waals surface area contributed by atoms with Crippen molar-refractivity contribution in [2.45, 2.75) is 18.5 Å². The maximum Gasteiger partial charge on any atom is 0.254 e. The predicted molar refractivity (Wildman–Crippen MR) is 137 cm³/mol. The summed E-state index contributed by atoms with van der Waals surface area (Å²) in [4.78, 5) is 31.5. The number of benzene rings is 3. The fraction of sp³-hybridized carbons (Fsp3) is 0.310. The van der Waals surface area contributed by atoms with E-state index in [1.54, 1.807) is 37.2 Å². The molecule has 36 heavy (non-hydrogen) atoms. The Morgan fingerprint density at radius 3 is 2.44 bits per heavy atom. The molecule has 0 aliphatic carbocycles. The predicted octanol–water partition coefficient (Wildman–Crippen LogP) is 4.21. The SMILES string of the molecule is CN(C)C(=O)c1cccc(-c2ccc3c(c2)[C@@H]2[C@@H](CCN2C(=O)c2cccc(F)c2)[C@H](CO)N3C)c1. The summed E-state index contributed by atoms with van der Waals surface area (Å²) in [7, 11) is 5.43. The van der Waals surface area contributed by atoms with Crippen LogP contribution in [0.25, 0.3) is 11.1 Å². The topological polar surface area (TPSA) is 64.1 Å². The molecule has 3 aromatic carbocycles. The number of aliphatic hydroxyl groups excluding tert-OH is 1. The molecule has 2 aliphatic heterocycles. The van der Waals surface area contributed by atoms with Crippen molar-refractivity contribution in [2.24, 2.45) is 5.92 Å². The van der Waals surface area contributed by atoms with Crippen LogP contribution in [0, 0.1) is 11.7 Å². The van der Waals surface area contributed by atoms with Gasteiger partial charge >= 0.3 is 0 Å². The Hall–Kier alpha value is -3.71. The molecule has 2 heterocycles. The molecule has 0 bridgehead atoms. The molecule has 2 aliphatic rings. The van der Waals surface area contributed by atoms with E-state index in [0.29, 0.717) is 17.7 Å². The van der Waals surface area contributed by atoms with Gasteiger partial charge in [-0.2, -0.15) is 0 Å². The first kappa shape index (κ1) is 24.0. The number of fused-ring (bicyclic) bond motifs is 3. The largest absolute Gasteiger partial charge is 0.394 e. The molecule has 0 radical (unpaired) electrons. The number of likely N-dealkylation sites (N-methyl/N-ethyl adjacent to an activating group) is 1. The third kappa shape index (κ3) is 4.03. The van der Waals surface area contributed by atoms with Crippen LogP contribution in [0.15, 0.2) is 66.7 Å². The van der Waals surface area contributed by atoms with E-state index in [9.17, 15) is 19.1 Å². The standard InChI is InChI=1S/C29H30FN3O3/c1-31(2)28(35)20-7-4-6-18(14-20)19-10-11-25-24(16-19)27-23(26(17-34)32(25)3)12-13-33(27)29(36)21-8-5-9-22(30)15-21/h4-11,14-16,23,26-27,34H,12-13,17H2,1-3H3/t23-,26-,27-/m0/s1. The van der Waals surface area contributed by atoms with Crippen LogP contribution in [0.4, 0.5) is 10.1 Å². The summed E-state index contributed by atoms with van der Waals surface area (Å²) in [6, 6.07) is 19.1. The molecule has 0 spiro atoms. The molecule has 7 heteroatoms. The zero-order valence-corrected chi connectivity index (χ0v) is 20.7. The van der Waals surface area contributed by atoms with Gasteiger partial charge in [0.15, 0.2) is 0 Å². The Kier molecular flexibility index (Phi) is 6.26. The minimum Gasteiger partial charge on any atom is -0.394 e. The molecule has 3 atom stereocenters. The Balaban J connectivity index is 1.59. The van der Waals surface area contributed by atoms with E-state index in [1.807, 2.05) is 42.3 Å². The monoisotopic (exact) mass is 487 g/mol. The zero-order chi connectivity index (χ0) is 25.6. The van der Waals surface area contributed by atoms with Crippen molar-refractivity contribution in [3.63, 3.8) is 0 Å². The van der Waals surface area contributed by atoms with Crippen LogP contribution in [0.1, 0.15) is 38.7 Å². The van der Waals surface area contributed by atoms with Gasteiger partial charge in [-0.05, 0) is 65.6 Å². The molecule has 0 aromatic heterocycles. The number of carbonyl (C=O) groups excluding carboxylic acids is 2. The van der Waals surface area contributed by atoms with Gasteiger partial charge in [0, 0.05) is 50.4 Å². The van der Waals surface area contributed by atoms with Gasteiger partial charge in [0.25, 0.3) is 11.8 Å². The number of carbonyl (C=O) groups is 2. The minimum absolute atomic E-state index is 0.0183. The maximum atomic E-state index is 13.9. The maximum absolute atomic E-state index is 13.9. The van der Waals surface area contributed by atoms with Crippen LogP contribution >= 0.6 is 0 Å². The van der Waals surface area contributed by atoms with Crippen LogP contribution in [-0.4, -0.2) is 67.1 Å². The summed E-state index contributed by atoms with van der Waals surface area (Å²) in [6.45, 7) is 0.515. The van der Waals surface area contributed by atoms with Gasteiger partial charge < -0.3 is 19.8 Å². The Labute approximate surface area is 210 Å². The van der Waals surface area contributed by atoms with E-state index in [-0.39, 0.29) is 36.4 Å². The van der Waals surface area contributed by atoms with Crippen molar-refractivity contribution in [3.05, 3.63) is 89.2 Å². The summed E-state index contributed by atoms with van der Waals surface area (Å²) < 4.78 is 13.9. The quantitative estimate of drug-likeness (QED) is 0.599. The highest BCUT2D eigenvalue weighted by atomic mass is 19.1. The van der Waals surface area contributed by atoms with E-state index in [4.69, 9.17) is 0 Å². The molecule has 2 amide bonds. The first-order valence-electron chi connectivity index (χ1n) is 12.2. The van der Waals surface area contributed by atoms with Crippen molar-refractivity contribution in [2.75, 3.05) is 39.2 Å². The van der Waals surface area contributed by atoms with Gasteiger partial charge in [-0.1, -0.05) is 24.3 Å². The molecule has 1 saturated heterocycles. The summed E-state index contributed by atoms with van der Waals surface area (Å²) in [5.41, 5.74) is 4.74. The van der Waals surface area contributed by atoms with E-state index >= 15 is 0 Å². The van der Waals surface area contributed by atoms with E-state index < -0.39 is 5.82 Å². The minimum atomic E-state index is -0.442. The first-order valence-corrected chi connectivity index (χ1v) is 12.2. The van der Waals surface area contributed by atoms with Crippen LogP contribution in [-0.2, 0) is 0 Å². The Bertz CT molecular complexity index is 1320. The second kappa shape index (κ2) is 9.39. The molecule has 1 N–H and O–H groups in total. The average Bonchev–Trinajstić information content (AvgIpc) is 3.33. The highest BCUT2D eigenvalue weighted by molar-refractivity contribution is 5.96. The molecule has 3 aromatic rings. The summed E-state index contributed by atoms with van der Waals surface area (Å²) >= 11 is 0. The number of amides is 2. The van der Waals surface area contributed by atoms with Crippen molar-refractivity contribution < 1.29 is 19.1 Å². The second-order valence-electron chi connectivity index (χ2n) is 9.82. The molecular formula is C29H30FN3O3. The molecule has 186 valence electrons. The average molecular weight is 488 g/mol. The molecule has 0 unspecified atom stereocenters. The highest BCUT2D eigenvalue weighted by Crippen LogP contribution is 2.49. The smallest absolute Gasteiger partial charge is 0.254 e. The molecule has 1 fully saturated rings. The lowest BCUT2D eigenvalue weighted by Crippen LogP contribution is -2.48. The van der Waals surface area contributed by atoms with Crippen LogP contribution < -0.4 is 4.90 Å². The lowest BCUT2D eigenvalue weighted by atomic mass is 9.81. The van der Waals surface area contributed by atoms with Gasteiger partial charge in [0.2, 0.25) is 0 Å². The second-order valence-corrected chi connectivity index (χ2v) is 9.82. The Morgan fingerprint density at radius 1 is 1.00 bits per heavy atom. The van der Waals surface area contributed by atoms with Gasteiger partial charge in [-0.15, -0.1) is 0 Å². The molecule has 6 nitrogen and oxygen atoms in total. The van der Waals surface area contributed by atoms with E-state index in [1.165, 1.54) is 12.1 Å². The van der Waals surface area contributed by atoms with Gasteiger partial charge in [0.05, 0.1) is 18.7 Å². The fourth-order valence-electron chi connectivity index (χ4n) is 5.74. The van der Waals surface area contributed by atoms with Crippen molar-refractivity contribution in [1.29, 1.82) is 0 Å². The normalized spacial score (nSPS) is 20.6. The van der Waals surface area contributed by atoms with E-state index in [0.717, 1.165) is 28.8 Å². The zero-order valence-electron chi connectivity index (χ0n) is 20.7. The number of likely N-dealkylation sites (tertiary alicyclic amines) is 1. The number of halogens is 1. The number of rotatable bonds is 4. The van der Waals surface area contributed by atoms with Crippen molar-refractivity contribution in [3.8, 4) is 11.1 Å². The molecule has 0 saturated carbocycles. The number of hydrogen-bond acceptors (Lipinski definition) is 4. The van der Waals surface area contributed by atoms with Crippen LogP contribution in [0.2, 0.25) is 0 Å². The highest BCUT2D eigenvalue weighted by Gasteiger charge is 2.47. The van der Waals surface area contributed by atoms with Gasteiger partial charge in [-0.25, -0.2) is 4.39 Å². The molecular weight excluding hydrogens is 457 g/mol. The van der Waals surface area contributed by atoms with Crippen molar-refractivity contribution in [1.82, 2.24) is 9.80 Å². The summed E-state index contributed by atoms with van der Waals surface area (Å²) in [5.74, 6) is -0.675. The lowest BCUT2D eigenvalue weighted by Gasteiger charge is -2.44. The third-order valence-corrected chi connectivity index (χ3v) is 7.53. The number of hydrogen-bond donors (Lipinski definition) is 1. The molecule has 5 rings (SSSR count). The fourth-order valence-corrected chi connectivity index (χ4v) is 5.74.